The van der Waals surface area contributed by atoms with E-state index < -0.39 is 0 Å². The second kappa shape index (κ2) is 5.66. The largest absolute Gasteiger partial charge is 0.508 e. The van der Waals surface area contributed by atoms with E-state index in [2.05, 4.69) is 45.5 Å². The van der Waals surface area contributed by atoms with Gasteiger partial charge in [-0.05, 0) is 47.2 Å². The van der Waals surface area contributed by atoms with Crippen LogP contribution in [-0.2, 0) is 6.54 Å². The Bertz CT molecular complexity index is 802. The molecule has 21 heavy (non-hydrogen) atoms. The minimum atomic E-state index is 0.0625. The van der Waals surface area contributed by atoms with Crippen molar-refractivity contribution >= 4 is 32.4 Å². The summed E-state index contributed by atoms with van der Waals surface area (Å²) in [4.78, 5) is 0. The molecule has 0 unspecified atom stereocenters. The van der Waals surface area contributed by atoms with Crippen molar-refractivity contribution in [3.63, 3.8) is 0 Å². The summed E-state index contributed by atoms with van der Waals surface area (Å²) in [6.45, 7) is 0.494. The fourth-order valence-corrected chi connectivity index (χ4v) is 2.60. The Labute approximate surface area is 131 Å². The molecule has 0 fully saturated rings. The van der Waals surface area contributed by atoms with Crippen LogP contribution in [0.25, 0.3) is 10.8 Å². The van der Waals surface area contributed by atoms with E-state index >= 15 is 0 Å². The van der Waals surface area contributed by atoms with E-state index in [1.165, 1.54) is 11.5 Å². The van der Waals surface area contributed by atoms with Crippen LogP contribution in [0.3, 0.4) is 0 Å². The summed E-state index contributed by atoms with van der Waals surface area (Å²) in [5.41, 5.74) is 1.72. The second-order valence-corrected chi connectivity index (χ2v) is 5.79. The molecule has 3 nitrogen and oxygen atoms in total. The van der Waals surface area contributed by atoms with E-state index in [0.717, 1.165) is 21.1 Å². The SMILES string of the molecule is Oc1ccc(CNc2ccc3cc(Br)ccc3c2)c(O)c1. The monoisotopic (exact) mass is 343 g/mol. The summed E-state index contributed by atoms with van der Waals surface area (Å²) in [5, 5.41) is 24.6. The molecule has 0 aliphatic heterocycles. The minimum Gasteiger partial charge on any atom is -0.508 e. The first-order chi connectivity index (χ1) is 10.1. The fraction of sp³-hybridized carbons (Fsp3) is 0.0588. The van der Waals surface area contributed by atoms with Crippen molar-refractivity contribution in [2.45, 2.75) is 6.54 Å². The first-order valence-corrected chi connectivity index (χ1v) is 7.35. The van der Waals surface area contributed by atoms with Gasteiger partial charge in [-0.3, -0.25) is 0 Å². The zero-order chi connectivity index (χ0) is 14.8. The topological polar surface area (TPSA) is 52.5 Å². The normalized spacial score (nSPS) is 10.7. The highest BCUT2D eigenvalue weighted by Gasteiger charge is 2.03. The van der Waals surface area contributed by atoms with Gasteiger partial charge in [-0.25, -0.2) is 0 Å². The zero-order valence-corrected chi connectivity index (χ0v) is 12.8. The van der Waals surface area contributed by atoms with Gasteiger partial charge < -0.3 is 15.5 Å². The van der Waals surface area contributed by atoms with E-state index in [9.17, 15) is 10.2 Å². The quantitative estimate of drug-likeness (QED) is 0.650. The molecule has 0 amide bonds. The average Bonchev–Trinajstić information content (AvgIpc) is 2.46. The van der Waals surface area contributed by atoms with E-state index in [0.29, 0.717) is 6.54 Å². The van der Waals surface area contributed by atoms with Gasteiger partial charge in [0.1, 0.15) is 11.5 Å². The Morgan fingerprint density at radius 3 is 2.43 bits per heavy atom. The van der Waals surface area contributed by atoms with Crippen molar-refractivity contribution in [3.8, 4) is 11.5 Å². The second-order valence-electron chi connectivity index (χ2n) is 4.87. The molecule has 3 rings (SSSR count). The number of hydrogen-bond donors (Lipinski definition) is 3. The van der Waals surface area contributed by atoms with E-state index in [1.54, 1.807) is 12.1 Å². The van der Waals surface area contributed by atoms with Crippen LogP contribution >= 0.6 is 15.9 Å². The number of phenols is 2. The summed E-state index contributed by atoms with van der Waals surface area (Å²) in [6.07, 6.45) is 0. The number of anilines is 1. The highest BCUT2D eigenvalue weighted by atomic mass is 79.9. The van der Waals surface area contributed by atoms with Crippen LogP contribution in [0, 0.1) is 0 Å². The van der Waals surface area contributed by atoms with Crippen LogP contribution in [0.5, 0.6) is 11.5 Å². The molecule has 0 bridgehead atoms. The molecular weight excluding hydrogens is 330 g/mol. The molecule has 0 aliphatic carbocycles. The standard InChI is InChI=1S/C17H14BrNO2/c18-14-4-1-12-8-15(5-2-11(12)7-14)19-10-13-3-6-16(20)9-17(13)21/h1-9,19-21H,10H2. The van der Waals surface area contributed by atoms with E-state index in [-0.39, 0.29) is 11.5 Å². The third kappa shape index (κ3) is 3.11. The molecular formula is C17H14BrNO2. The molecule has 0 saturated heterocycles. The average molecular weight is 344 g/mol. The summed E-state index contributed by atoms with van der Waals surface area (Å²) < 4.78 is 1.06. The summed E-state index contributed by atoms with van der Waals surface area (Å²) in [7, 11) is 0. The fourth-order valence-electron chi connectivity index (χ4n) is 2.23. The van der Waals surface area contributed by atoms with Gasteiger partial charge in [0, 0.05) is 28.3 Å². The lowest BCUT2D eigenvalue weighted by molar-refractivity contribution is 0.446. The molecule has 3 N–H and O–H groups in total. The Kier molecular flexibility index (Phi) is 3.71. The van der Waals surface area contributed by atoms with Crippen molar-refractivity contribution < 1.29 is 10.2 Å². The van der Waals surface area contributed by atoms with Crippen molar-refractivity contribution in [2.75, 3.05) is 5.32 Å². The number of nitrogens with one attached hydrogen (secondary N) is 1. The van der Waals surface area contributed by atoms with Gasteiger partial charge in [-0.1, -0.05) is 28.1 Å². The van der Waals surface area contributed by atoms with Gasteiger partial charge in [0.25, 0.3) is 0 Å². The predicted molar refractivity (Wildman–Crippen MR) is 88.7 cm³/mol. The van der Waals surface area contributed by atoms with Crippen LogP contribution in [0.4, 0.5) is 5.69 Å². The molecule has 0 aromatic heterocycles. The Balaban J connectivity index is 1.80. The first kappa shape index (κ1) is 13.8. The van der Waals surface area contributed by atoms with Crippen LogP contribution < -0.4 is 5.32 Å². The molecule has 0 saturated carbocycles. The van der Waals surface area contributed by atoms with Gasteiger partial charge in [-0.2, -0.15) is 0 Å². The van der Waals surface area contributed by atoms with E-state index in [4.69, 9.17) is 0 Å². The summed E-state index contributed by atoms with van der Waals surface area (Å²) in [5.74, 6) is 0.153. The van der Waals surface area contributed by atoms with Crippen molar-refractivity contribution in [2.24, 2.45) is 0 Å². The Morgan fingerprint density at radius 1 is 0.857 bits per heavy atom. The maximum absolute atomic E-state index is 9.77. The third-order valence-electron chi connectivity index (χ3n) is 3.35. The molecule has 0 spiro atoms. The molecule has 0 atom stereocenters. The molecule has 3 aromatic carbocycles. The molecule has 4 heteroatoms. The molecule has 0 radical (unpaired) electrons. The number of rotatable bonds is 3. The number of hydrogen-bond acceptors (Lipinski definition) is 3. The lowest BCUT2D eigenvalue weighted by Crippen LogP contribution is -1.99. The van der Waals surface area contributed by atoms with Gasteiger partial charge in [0.15, 0.2) is 0 Å². The lowest BCUT2D eigenvalue weighted by Gasteiger charge is -2.09. The van der Waals surface area contributed by atoms with Crippen molar-refractivity contribution in [3.05, 3.63) is 64.6 Å². The highest BCUT2D eigenvalue weighted by molar-refractivity contribution is 9.10. The maximum Gasteiger partial charge on any atom is 0.124 e. The highest BCUT2D eigenvalue weighted by Crippen LogP contribution is 2.25. The van der Waals surface area contributed by atoms with Crippen LogP contribution in [-0.4, -0.2) is 10.2 Å². The van der Waals surface area contributed by atoms with Crippen LogP contribution in [0.2, 0.25) is 0 Å². The van der Waals surface area contributed by atoms with Crippen LogP contribution in [0.1, 0.15) is 5.56 Å². The van der Waals surface area contributed by atoms with Gasteiger partial charge in [0.05, 0.1) is 0 Å². The Hall–Kier alpha value is -2.20. The Morgan fingerprint density at radius 2 is 1.62 bits per heavy atom. The van der Waals surface area contributed by atoms with Crippen LogP contribution in [0.15, 0.2) is 59.1 Å². The van der Waals surface area contributed by atoms with Crippen molar-refractivity contribution in [1.29, 1.82) is 0 Å². The third-order valence-corrected chi connectivity index (χ3v) is 3.85. The molecule has 0 heterocycles. The molecule has 0 aliphatic rings. The van der Waals surface area contributed by atoms with Gasteiger partial charge in [-0.15, -0.1) is 0 Å². The number of phenolic OH excluding ortho intramolecular Hbond substituents is 2. The predicted octanol–water partition coefficient (Wildman–Crippen LogP) is 4.63. The van der Waals surface area contributed by atoms with E-state index in [1.807, 2.05) is 12.1 Å². The summed E-state index contributed by atoms with van der Waals surface area (Å²) >= 11 is 3.46. The zero-order valence-electron chi connectivity index (χ0n) is 11.2. The number of aromatic hydroxyl groups is 2. The molecule has 106 valence electrons. The number of benzene rings is 3. The number of halogens is 1. The maximum atomic E-state index is 9.77. The lowest BCUT2D eigenvalue weighted by atomic mass is 10.1. The van der Waals surface area contributed by atoms with Gasteiger partial charge in [0.2, 0.25) is 0 Å². The van der Waals surface area contributed by atoms with Gasteiger partial charge >= 0.3 is 0 Å². The number of fused-ring (bicyclic) bond motifs is 1. The first-order valence-electron chi connectivity index (χ1n) is 6.56. The molecule has 3 aromatic rings. The van der Waals surface area contributed by atoms with Crippen molar-refractivity contribution in [1.82, 2.24) is 0 Å². The minimum absolute atomic E-state index is 0.0625. The summed E-state index contributed by atoms with van der Waals surface area (Å²) in [6, 6.07) is 16.9. The smallest absolute Gasteiger partial charge is 0.124 e.